The van der Waals surface area contributed by atoms with Crippen molar-refractivity contribution in [2.24, 2.45) is 0 Å². The third-order valence-electron chi connectivity index (χ3n) is 5.39. The van der Waals surface area contributed by atoms with E-state index in [-0.39, 0.29) is 5.78 Å². The SMILES string of the molecule is CC(C)(CC(=O)c1ccc(Br)cc1)c1cc(-c2ccccc2)cc(-c2ccccc2)[o+]1.F[B-](F)(F)F. The number of halogens is 5. The van der Waals surface area contributed by atoms with Crippen LogP contribution in [0.25, 0.3) is 22.5 Å². The van der Waals surface area contributed by atoms with Crippen molar-refractivity contribution >= 4 is 29.0 Å². The summed E-state index contributed by atoms with van der Waals surface area (Å²) in [6, 6.07) is 32.0. The van der Waals surface area contributed by atoms with Crippen LogP contribution in [0.4, 0.5) is 17.3 Å². The first-order valence-corrected chi connectivity index (χ1v) is 12.0. The Bertz CT molecular complexity index is 1230. The van der Waals surface area contributed by atoms with Crippen LogP contribution < -0.4 is 0 Å². The minimum absolute atomic E-state index is 0.0964. The zero-order valence-electron chi connectivity index (χ0n) is 19.7. The highest BCUT2D eigenvalue weighted by Gasteiger charge is 2.36. The van der Waals surface area contributed by atoms with Crippen LogP contribution in [0.3, 0.4) is 0 Å². The Morgan fingerprint density at radius 2 is 1.28 bits per heavy atom. The Hall–Kier alpha value is -3.26. The first kappa shape index (κ1) is 27.3. The van der Waals surface area contributed by atoms with Crippen molar-refractivity contribution in [2.45, 2.75) is 25.7 Å². The minimum atomic E-state index is -6.00. The molecule has 1 aromatic heterocycles. The van der Waals surface area contributed by atoms with Gasteiger partial charge in [0.05, 0.1) is 17.0 Å². The molecular formula is C28H24BBrF4O2. The second-order valence-electron chi connectivity index (χ2n) is 8.79. The average Bonchev–Trinajstić information content (AvgIpc) is 2.84. The number of carbonyl (C=O) groups is 1. The molecule has 0 unspecified atom stereocenters. The molecule has 4 rings (SSSR count). The molecule has 8 heteroatoms. The summed E-state index contributed by atoms with van der Waals surface area (Å²) in [7, 11) is -6.00. The maximum atomic E-state index is 13.0. The molecule has 0 N–H and O–H groups in total. The third-order valence-corrected chi connectivity index (χ3v) is 5.92. The molecule has 0 atom stereocenters. The molecular weight excluding hydrogens is 535 g/mol. The Morgan fingerprint density at radius 1 is 0.778 bits per heavy atom. The molecule has 0 amide bonds. The fraction of sp³-hybridized carbons (Fsp3) is 0.143. The number of Topliss-reactive ketones (excluding diaryl/α,β-unsaturated/α-hetero) is 1. The largest absolute Gasteiger partial charge is 0.673 e. The monoisotopic (exact) mass is 558 g/mol. The topological polar surface area (TPSA) is 28.4 Å². The number of carbonyl (C=O) groups excluding carboxylic acids is 1. The molecule has 0 fully saturated rings. The van der Waals surface area contributed by atoms with Gasteiger partial charge >= 0.3 is 18.8 Å². The van der Waals surface area contributed by atoms with Gasteiger partial charge in [-0.2, -0.15) is 0 Å². The molecule has 4 aromatic rings. The Kier molecular flexibility index (Phi) is 8.85. The minimum Gasteiger partial charge on any atom is -0.418 e. The van der Waals surface area contributed by atoms with Gasteiger partial charge in [0.2, 0.25) is 0 Å². The molecule has 0 radical (unpaired) electrons. The standard InChI is InChI=1S/C28H24BrO2.BF4/c1-28(2,19-25(30)21-13-15-24(29)16-14-21)27-18-23(20-9-5-3-6-10-20)17-26(31-27)22-11-7-4-8-12-22;2-1(3,4)5/h3-18H,19H2,1-2H3;/q+1;-1. The van der Waals surface area contributed by atoms with Crippen LogP contribution in [-0.2, 0) is 5.41 Å². The van der Waals surface area contributed by atoms with Gasteiger partial charge in [-0.15, -0.1) is 0 Å². The highest BCUT2D eigenvalue weighted by Crippen LogP contribution is 2.36. The van der Waals surface area contributed by atoms with Gasteiger partial charge in [0.25, 0.3) is 0 Å². The lowest BCUT2D eigenvalue weighted by atomic mass is 9.82. The number of hydrogen-bond donors (Lipinski definition) is 0. The quantitative estimate of drug-likeness (QED) is 0.102. The van der Waals surface area contributed by atoms with E-state index in [0.717, 1.165) is 32.7 Å². The van der Waals surface area contributed by atoms with Crippen LogP contribution in [0.15, 0.2) is 106 Å². The Labute approximate surface area is 216 Å². The van der Waals surface area contributed by atoms with E-state index >= 15 is 0 Å². The van der Waals surface area contributed by atoms with Crippen molar-refractivity contribution in [2.75, 3.05) is 0 Å². The van der Waals surface area contributed by atoms with E-state index in [1.54, 1.807) is 0 Å². The summed E-state index contributed by atoms with van der Waals surface area (Å²) in [6.45, 7) is 4.12. The molecule has 0 aliphatic rings. The molecule has 0 saturated carbocycles. The molecule has 0 saturated heterocycles. The lowest BCUT2D eigenvalue weighted by Crippen LogP contribution is -2.22. The van der Waals surface area contributed by atoms with Gasteiger partial charge in [-0.05, 0) is 43.7 Å². The van der Waals surface area contributed by atoms with Crippen molar-refractivity contribution in [3.8, 4) is 22.5 Å². The Morgan fingerprint density at radius 3 is 1.81 bits per heavy atom. The van der Waals surface area contributed by atoms with Gasteiger partial charge in [-0.1, -0.05) is 76.6 Å². The molecule has 0 aliphatic carbocycles. The lowest BCUT2D eigenvalue weighted by Gasteiger charge is -2.17. The lowest BCUT2D eigenvalue weighted by molar-refractivity contribution is 0.0951. The first-order valence-electron chi connectivity index (χ1n) is 11.2. The molecule has 0 spiro atoms. The Balaban J connectivity index is 0.000000658. The van der Waals surface area contributed by atoms with Crippen molar-refractivity contribution in [1.82, 2.24) is 0 Å². The molecule has 36 heavy (non-hydrogen) atoms. The van der Waals surface area contributed by atoms with Crippen molar-refractivity contribution in [3.63, 3.8) is 0 Å². The van der Waals surface area contributed by atoms with Crippen LogP contribution in [-0.4, -0.2) is 13.0 Å². The van der Waals surface area contributed by atoms with Crippen LogP contribution >= 0.6 is 15.9 Å². The maximum absolute atomic E-state index is 13.0. The molecule has 186 valence electrons. The van der Waals surface area contributed by atoms with Crippen molar-refractivity contribution in [3.05, 3.63) is 113 Å². The first-order chi connectivity index (χ1) is 16.9. The zero-order valence-corrected chi connectivity index (χ0v) is 21.3. The van der Waals surface area contributed by atoms with Gasteiger partial charge in [0, 0.05) is 28.1 Å². The van der Waals surface area contributed by atoms with E-state index in [1.165, 1.54) is 0 Å². The van der Waals surface area contributed by atoms with E-state index < -0.39 is 12.7 Å². The van der Waals surface area contributed by atoms with E-state index in [2.05, 4.69) is 54.0 Å². The predicted molar refractivity (Wildman–Crippen MR) is 140 cm³/mol. The summed E-state index contributed by atoms with van der Waals surface area (Å²) in [6.07, 6.45) is 0.352. The summed E-state index contributed by atoms with van der Waals surface area (Å²) in [5.41, 5.74) is 3.44. The molecule has 1 heterocycles. The molecule has 2 nitrogen and oxygen atoms in total. The van der Waals surface area contributed by atoms with Gasteiger partial charge in [-0.25, -0.2) is 4.42 Å². The smallest absolute Gasteiger partial charge is 0.418 e. The van der Waals surface area contributed by atoms with Crippen LogP contribution in [0.5, 0.6) is 0 Å². The van der Waals surface area contributed by atoms with Crippen LogP contribution in [0.1, 0.15) is 36.4 Å². The normalized spacial score (nSPS) is 11.4. The van der Waals surface area contributed by atoms with Crippen molar-refractivity contribution < 1.29 is 26.5 Å². The van der Waals surface area contributed by atoms with Crippen LogP contribution in [0, 0.1) is 0 Å². The summed E-state index contributed by atoms with van der Waals surface area (Å²) in [5, 5.41) is 0. The number of ketones is 1. The fourth-order valence-electron chi connectivity index (χ4n) is 3.60. The van der Waals surface area contributed by atoms with E-state index in [4.69, 9.17) is 4.42 Å². The van der Waals surface area contributed by atoms with Gasteiger partial charge in [0.1, 0.15) is 0 Å². The number of hydrogen-bond acceptors (Lipinski definition) is 1. The highest BCUT2D eigenvalue weighted by molar-refractivity contribution is 9.10. The number of benzene rings is 3. The fourth-order valence-corrected chi connectivity index (χ4v) is 3.87. The van der Waals surface area contributed by atoms with Crippen molar-refractivity contribution in [1.29, 1.82) is 0 Å². The maximum Gasteiger partial charge on any atom is 0.673 e. The molecule has 0 bridgehead atoms. The summed E-state index contributed by atoms with van der Waals surface area (Å²) in [5.74, 6) is 1.68. The average molecular weight is 559 g/mol. The van der Waals surface area contributed by atoms with Crippen LogP contribution in [0.2, 0.25) is 0 Å². The van der Waals surface area contributed by atoms with E-state index in [0.29, 0.717) is 12.0 Å². The molecule has 0 aliphatic heterocycles. The summed E-state index contributed by atoms with van der Waals surface area (Å²) < 4.78 is 46.3. The zero-order chi connectivity index (χ0) is 26.3. The third kappa shape index (κ3) is 8.16. The van der Waals surface area contributed by atoms with E-state index in [9.17, 15) is 22.1 Å². The van der Waals surface area contributed by atoms with Gasteiger partial charge in [-0.3, -0.25) is 4.79 Å². The second kappa shape index (κ2) is 11.7. The predicted octanol–water partition coefficient (Wildman–Crippen LogP) is 9.51. The van der Waals surface area contributed by atoms with Gasteiger partial charge in [0.15, 0.2) is 5.78 Å². The summed E-state index contributed by atoms with van der Waals surface area (Å²) >= 11 is 3.43. The van der Waals surface area contributed by atoms with E-state index in [1.807, 2.05) is 72.8 Å². The number of rotatable bonds is 6. The van der Waals surface area contributed by atoms with Gasteiger partial charge < -0.3 is 17.3 Å². The summed E-state index contributed by atoms with van der Waals surface area (Å²) in [4.78, 5) is 13.0. The highest BCUT2D eigenvalue weighted by atomic mass is 79.9. The molecule has 3 aromatic carbocycles. The second-order valence-corrected chi connectivity index (χ2v) is 9.71.